The van der Waals surface area contributed by atoms with Crippen molar-refractivity contribution >= 4 is 0 Å². The fourth-order valence-corrected chi connectivity index (χ4v) is 3.79. The Balaban J connectivity index is 1.84. The molecule has 2 aliphatic rings. The third-order valence-electron chi connectivity index (χ3n) is 4.78. The van der Waals surface area contributed by atoms with Crippen molar-refractivity contribution in [3.05, 3.63) is 32.6 Å². The van der Waals surface area contributed by atoms with Gasteiger partial charge < -0.3 is 4.57 Å². The van der Waals surface area contributed by atoms with Gasteiger partial charge in [-0.15, -0.1) is 0 Å². The first kappa shape index (κ1) is 11.8. The molecule has 18 heavy (non-hydrogen) atoms. The number of hydrogen-bond donors (Lipinski definition) is 1. The van der Waals surface area contributed by atoms with Gasteiger partial charge in [-0.2, -0.15) is 0 Å². The molecule has 1 N–H and O–H groups in total. The first-order valence-corrected chi connectivity index (χ1v) is 7.00. The average molecular weight is 248 g/mol. The zero-order valence-corrected chi connectivity index (χ0v) is 10.8. The molecule has 4 heteroatoms. The SMILES string of the molecule is CCc1cn(CC2CC3CCC2C3)c(=O)[nH]c1=O. The number of aryl methyl sites for hydroxylation is 1. The molecule has 0 saturated heterocycles. The summed E-state index contributed by atoms with van der Waals surface area (Å²) in [6.45, 7) is 2.72. The maximum absolute atomic E-state index is 11.8. The molecule has 1 aromatic heterocycles. The van der Waals surface area contributed by atoms with E-state index in [1.807, 2.05) is 6.92 Å². The molecule has 0 spiro atoms. The Morgan fingerprint density at radius 1 is 1.33 bits per heavy atom. The number of rotatable bonds is 3. The zero-order valence-electron chi connectivity index (χ0n) is 10.8. The predicted molar refractivity (Wildman–Crippen MR) is 69.6 cm³/mol. The summed E-state index contributed by atoms with van der Waals surface area (Å²) in [6, 6.07) is 0. The summed E-state index contributed by atoms with van der Waals surface area (Å²) in [5, 5.41) is 0. The summed E-state index contributed by atoms with van der Waals surface area (Å²) >= 11 is 0. The predicted octanol–water partition coefficient (Wildman–Crippen LogP) is 1.54. The van der Waals surface area contributed by atoms with Gasteiger partial charge in [0.1, 0.15) is 0 Å². The molecule has 3 atom stereocenters. The molecule has 0 aromatic carbocycles. The van der Waals surface area contributed by atoms with E-state index in [1.165, 1.54) is 25.7 Å². The summed E-state index contributed by atoms with van der Waals surface area (Å²) in [5.41, 5.74) is 0.226. The van der Waals surface area contributed by atoms with E-state index in [9.17, 15) is 9.59 Å². The first-order chi connectivity index (χ1) is 8.67. The van der Waals surface area contributed by atoms with E-state index in [4.69, 9.17) is 0 Å². The number of nitrogens with zero attached hydrogens (tertiary/aromatic N) is 1. The molecule has 0 radical (unpaired) electrons. The van der Waals surface area contributed by atoms with Crippen molar-refractivity contribution in [2.45, 2.75) is 45.6 Å². The van der Waals surface area contributed by atoms with Crippen molar-refractivity contribution in [3.8, 4) is 0 Å². The van der Waals surface area contributed by atoms with E-state index < -0.39 is 0 Å². The normalized spacial score (nSPS) is 29.9. The highest BCUT2D eigenvalue weighted by molar-refractivity contribution is 5.04. The van der Waals surface area contributed by atoms with Crippen LogP contribution in [0.2, 0.25) is 0 Å². The van der Waals surface area contributed by atoms with Gasteiger partial charge in [0.2, 0.25) is 0 Å². The second-order valence-electron chi connectivity index (χ2n) is 5.85. The van der Waals surface area contributed by atoms with Crippen LogP contribution in [0.1, 0.15) is 38.2 Å². The summed E-state index contributed by atoms with van der Waals surface area (Å²) < 4.78 is 1.71. The Labute approximate surface area is 106 Å². The molecular formula is C14H20N2O2. The Morgan fingerprint density at radius 2 is 2.17 bits per heavy atom. The van der Waals surface area contributed by atoms with Crippen LogP contribution in [0.25, 0.3) is 0 Å². The van der Waals surface area contributed by atoms with Crippen LogP contribution in [-0.4, -0.2) is 9.55 Å². The van der Waals surface area contributed by atoms with E-state index in [2.05, 4.69) is 4.98 Å². The number of aromatic amines is 1. The smallest absolute Gasteiger partial charge is 0.300 e. The minimum atomic E-state index is -0.250. The Kier molecular flexibility index (Phi) is 2.88. The fourth-order valence-electron chi connectivity index (χ4n) is 3.79. The maximum Gasteiger partial charge on any atom is 0.328 e. The van der Waals surface area contributed by atoms with Crippen molar-refractivity contribution in [1.29, 1.82) is 0 Å². The van der Waals surface area contributed by atoms with Gasteiger partial charge in [-0.1, -0.05) is 13.3 Å². The largest absolute Gasteiger partial charge is 0.328 e. The minimum absolute atomic E-state index is 0.230. The van der Waals surface area contributed by atoms with Crippen molar-refractivity contribution in [3.63, 3.8) is 0 Å². The Bertz CT molecular complexity index is 558. The molecule has 2 bridgehead atoms. The molecule has 0 amide bonds. The second kappa shape index (κ2) is 4.41. The minimum Gasteiger partial charge on any atom is -0.300 e. The van der Waals surface area contributed by atoms with Gasteiger partial charge in [0.25, 0.3) is 5.56 Å². The molecule has 3 unspecified atom stereocenters. The first-order valence-electron chi connectivity index (χ1n) is 7.00. The van der Waals surface area contributed by atoms with Crippen LogP contribution in [0.3, 0.4) is 0 Å². The molecule has 1 heterocycles. The summed E-state index contributed by atoms with van der Waals surface area (Å²) in [7, 11) is 0. The Hall–Kier alpha value is -1.32. The lowest BCUT2D eigenvalue weighted by molar-refractivity contribution is 0.291. The molecule has 98 valence electrons. The van der Waals surface area contributed by atoms with Crippen molar-refractivity contribution in [2.24, 2.45) is 17.8 Å². The zero-order chi connectivity index (χ0) is 12.7. The molecular weight excluding hydrogens is 228 g/mol. The van der Waals surface area contributed by atoms with Crippen LogP contribution in [0.15, 0.2) is 15.8 Å². The molecule has 2 saturated carbocycles. The standard InChI is InChI=1S/C14H20N2O2/c1-2-10-7-16(14(18)15-13(10)17)8-12-6-9-3-4-11(12)5-9/h7,9,11-12H,2-6,8H2,1H3,(H,15,17,18). The van der Waals surface area contributed by atoms with Gasteiger partial charge in [0, 0.05) is 18.3 Å². The molecule has 2 fully saturated rings. The summed E-state index contributed by atoms with van der Waals surface area (Å²) in [5.74, 6) is 2.33. The number of hydrogen-bond acceptors (Lipinski definition) is 2. The summed E-state index contributed by atoms with van der Waals surface area (Å²) in [4.78, 5) is 25.8. The maximum atomic E-state index is 11.8. The molecule has 3 rings (SSSR count). The molecule has 2 aliphatic carbocycles. The van der Waals surface area contributed by atoms with E-state index >= 15 is 0 Å². The molecule has 4 nitrogen and oxygen atoms in total. The average Bonchev–Trinajstić information content (AvgIpc) is 2.94. The summed E-state index contributed by atoms with van der Waals surface area (Å²) in [6.07, 6.45) is 7.75. The van der Waals surface area contributed by atoms with Gasteiger partial charge in [0.15, 0.2) is 0 Å². The quantitative estimate of drug-likeness (QED) is 0.882. The van der Waals surface area contributed by atoms with Crippen LogP contribution in [0, 0.1) is 17.8 Å². The van der Waals surface area contributed by atoms with Crippen molar-refractivity contribution < 1.29 is 0 Å². The van der Waals surface area contributed by atoms with Crippen LogP contribution >= 0.6 is 0 Å². The highest BCUT2D eigenvalue weighted by Gasteiger charge is 2.39. The van der Waals surface area contributed by atoms with Gasteiger partial charge in [-0.25, -0.2) is 4.79 Å². The Morgan fingerprint density at radius 3 is 2.78 bits per heavy atom. The van der Waals surface area contributed by atoms with Crippen LogP contribution < -0.4 is 11.2 Å². The third kappa shape index (κ3) is 1.93. The van der Waals surface area contributed by atoms with E-state index in [-0.39, 0.29) is 11.2 Å². The van der Waals surface area contributed by atoms with Gasteiger partial charge >= 0.3 is 5.69 Å². The third-order valence-corrected chi connectivity index (χ3v) is 4.78. The molecule has 1 aromatic rings. The topological polar surface area (TPSA) is 54.9 Å². The van der Waals surface area contributed by atoms with Gasteiger partial charge in [-0.05, 0) is 43.4 Å². The molecule has 0 aliphatic heterocycles. The number of nitrogens with one attached hydrogen (secondary N) is 1. The van der Waals surface area contributed by atoms with Crippen molar-refractivity contribution in [1.82, 2.24) is 9.55 Å². The lowest BCUT2D eigenvalue weighted by Gasteiger charge is -2.22. The van der Waals surface area contributed by atoms with E-state index in [0.717, 1.165) is 18.4 Å². The lowest BCUT2D eigenvalue weighted by Crippen LogP contribution is -2.34. The van der Waals surface area contributed by atoms with E-state index in [1.54, 1.807) is 10.8 Å². The van der Waals surface area contributed by atoms with Gasteiger partial charge in [0.05, 0.1) is 0 Å². The van der Waals surface area contributed by atoms with Crippen LogP contribution in [0.4, 0.5) is 0 Å². The number of fused-ring (bicyclic) bond motifs is 2. The van der Waals surface area contributed by atoms with Gasteiger partial charge in [-0.3, -0.25) is 9.78 Å². The van der Waals surface area contributed by atoms with Crippen molar-refractivity contribution in [2.75, 3.05) is 0 Å². The lowest BCUT2D eigenvalue weighted by atomic mass is 9.89. The van der Waals surface area contributed by atoms with Crippen LogP contribution in [0.5, 0.6) is 0 Å². The van der Waals surface area contributed by atoms with Crippen LogP contribution in [-0.2, 0) is 13.0 Å². The van der Waals surface area contributed by atoms with E-state index in [0.29, 0.717) is 17.9 Å². The highest BCUT2D eigenvalue weighted by atomic mass is 16.2. The number of H-pyrrole nitrogens is 1. The second-order valence-corrected chi connectivity index (χ2v) is 5.85. The monoisotopic (exact) mass is 248 g/mol. The highest BCUT2D eigenvalue weighted by Crippen LogP contribution is 2.48. The fraction of sp³-hybridized carbons (Fsp3) is 0.714. The number of aromatic nitrogens is 2.